The predicted molar refractivity (Wildman–Crippen MR) is 109 cm³/mol. The van der Waals surface area contributed by atoms with E-state index in [0.29, 0.717) is 18.5 Å². The van der Waals surface area contributed by atoms with E-state index in [1.807, 2.05) is 0 Å². The number of aromatic nitrogens is 3. The van der Waals surface area contributed by atoms with Gasteiger partial charge in [-0.25, -0.2) is 4.68 Å². The van der Waals surface area contributed by atoms with E-state index in [1.165, 1.54) is 29.1 Å². The first-order valence-corrected chi connectivity index (χ1v) is 9.71. The van der Waals surface area contributed by atoms with Crippen molar-refractivity contribution >= 4 is 11.8 Å². The molecule has 0 aliphatic carbocycles. The van der Waals surface area contributed by atoms with Gasteiger partial charge < -0.3 is 20.5 Å². The Morgan fingerprint density at radius 1 is 1.34 bits per heavy atom. The minimum absolute atomic E-state index is 0.0186. The minimum Gasteiger partial charge on any atom is -0.491 e. The van der Waals surface area contributed by atoms with Gasteiger partial charge in [-0.05, 0) is 38.0 Å². The minimum atomic E-state index is -4.54. The molecule has 0 saturated carbocycles. The first-order chi connectivity index (χ1) is 15.1. The molecule has 2 aromatic rings. The van der Waals surface area contributed by atoms with Crippen molar-refractivity contribution in [2.75, 3.05) is 19.8 Å². The zero-order chi connectivity index (χ0) is 23.7. The molecule has 0 fully saturated rings. The van der Waals surface area contributed by atoms with Crippen molar-refractivity contribution in [3.63, 3.8) is 0 Å². The van der Waals surface area contributed by atoms with Crippen molar-refractivity contribution < 1.29 is 32.6 Å². The molecule has 2 amide bonds. The van der Waals surface area contributed by atoms with Crippen LogP contribution in [0.15, 0.2) is 37.1 Å². The molecule has 0 spiro atoms. The second-order valence-electron chi connectivity index (χ2n) is 6.87. The standard InChI is InChI=1S/C20H24F3N5O4/c1-3-4-5-8-32-17-9-14(18(30)24-12-20(21,22)23)6-7-16(17)28-10-15(26-27-28)19(31)25-13(2)11-29/h3,6-7,9-10,13,29H,1,4-5,8,11-12H2,2H3,(H,24,30)(H,25,31). The molecule has 1 atom stereocenters. The second kappa shape index (κ2) is 11.3. The van der Waals surface area contributed by atoms with Gasteiger partial charge in [0.25, 0.3) is 11.8 Å². The van der Waals surface area contributed by atoms with Crippen molar-refractivity contribution in [3.05, 3.63) is 48.3 Å². The van der Waals surface area contributed by atoms with Crippen LogP contribution < -0.4 is 15.4 Å². The Labute approximate surface area is 182 Å². The molecule has 1 heterocycles. The molecular formula is C20H24F3N5O4. The van der Waals surface area contributed by atoms with Gasteiger partial charge in [-0.1, -0.05) is 11.3 Å². The summed E-state index contributed by atoms with van der Waals surface area (Å²) in [6.07, 6.45) is -0.199. The van der Waals surface area contributed by atoms with Crippen LogP contribution in [0.1, 0.15) is 40.6 Å². The van der Waals surface area contributed by atoms with Crippen LogP contribution in [-0.2, 0) is 0 Å². The van der Waals surface area contributed by atoms with E-state index in [-0.39, 0.29) is 30.2 Å². The maximum absolute atomic E-state index is 12.4. The molecule has 0 bridgehead atoms. The summed E-state index contributed by atoms with van der Waals surface area (Å²) < 4.78 is 44.1. The van der Waals surface area contributed by atoms with Crippen LogP contribution >= 0.6 is 0 Å². The first kappa shape index (κ1) is 24.9. The summed E-state index contributed by atoms with van der Waals surface area (Å²) >= 11 is 0. The maximum atomic E-state index is 12.4. The van der Waals surface area contributed by atoms with Crippen molar-refractivity contribution in [2.24, 2.45) is 0 Å². The van der Waals surface area contributed by atoms with Crippen LogP contribution in [0.2, 0.25) is 0 Å². The monoisotopic (exact) mass is 455 g/mol. The van der Waals surface area contributed by atoms with Crippen LogP contribution in [-0.4, -0.2) is 63.9 Å². The average Bonchev–Trinajstić information content (AvgIpc) is 3.24. The van der Waals surface area contributed by atoms with Crippen LogP contribution in [0.5, 0.6) is 5.75 Å². The molecule has 3 N–H and O–H groups in total. The number of aliphatic hydroxyl groups is 1. The number of ether oxygens (including phenoxy) is 1. The van der Waals surface area contributed by atoms with Gasteiger partial charge >= 0.3 is 6.18 Å². The summed E-state index contributed by atoms with van der Waals surface area (Å²) in [5.41, 5.74) is 0.277. The highest BCUT2D eigenvalue weighted by Crippen LogP contribution is 2.25. The van der Waals surface area contributed by atoms with Crippen LogP contribution in [0.25, 0.3) is 5.69 Å². The van der Waals surface area contributed by atoms with Gasteiger partial charge in [-0.15, -0.1) is 11.7 Å². The molecule has 0 radical (unpaired) electrons. The fourth-order valence-corrected chi connectivity index (χ4v) is 2.48. The number of halogens is 3. The molecule has 1 unspecified atom stereocenters. The van der Waals surface area contributed by atoms with Gasteiger partial charge in [-0.2, -0.15) is 13.2 Å². The lowest BCUT2D eigenvalue weighted by Gasteiger charge is -2.13. The number of hydrogen-bond donors (Lipinski definition) is 3. The number of aliphatic hydroxyl groups excluding tert-OH is 1. The Hall–Kier alpha value is -3.41. The summed E-state index contributed by atoms with van der Waals surface area (Å²) in [4.78, 5) is 24.3. The number of carbonyl (C=O) groups excluding carboxylic acids is 2. The third-order valence-corrected chi connectivity index (χ3v) is 4.11. The van der Waals surface area contributed by atoms with E-state index in [2.05, 4.69) is 22.2 Å². The molecule has 1 aromatic heterocycles. The van der Waals surface area contributed by atoms with Crippen LogP contribution in [0.3, 0.4) is 0 Å². The SMILES string of the molecule is C=CCCCOc1cc(C(=O)NCC(F)(F)F)ccc1-n1cc(C(=O)NC(C)CO)nn1. The number of nitrogens with zero attached hydrogens (tertiary/aromatic N) is 3. The van der Waals surface area contributed by atoms with Crippen molar-refractivity contribution in [3.8, 4) is 11.4 Å². The normalized spacial score (nSPS) is 12.2. The number of alkyl halides is 3. The number of amides is 2. The summed E-state index contributed by atoms with van der Waals surface area (Å²) in [5.74, 6) is -1.29. The van der Waals surface area contributed by atoms with Crippen molar-refractivity contribution in [1.29, 1.82) is 0 Å². The number of allylic oxidation sites excluding steroid dienone is 1. The van der Waals surface area contributed by atoms with Gasteiger partial charge in [0.1, 0.15) is 18.0 Å². The van der Waals surface area contributed by atoms with E-state index in [4.69, 9.17) is 9.84 Å². The Morgan fingerprint density at radius 2 is 2.09 bits per heavy atom. The van der Waals surface area contributed by atoms with Crippen LogP contribution in [0.4, 0.5) is 13.2 Å². The highest BCUT2D eigenvalue weighted by atomic mass is 19.4. The molecule has 2 rings (SSSR count). The van der Waals surface area contributed by atoms with E-state index in [1.54, 1.807) is 18.3 Å². The first-order valence-electron chi connectivity index (χ1n) is 9.71. The number of hydrogen-bond acceptors (Lipinski definition) is 6. The molecular weight excluding hydrogens is 431 g/mol. The molecule has 32 heavy (non-hydrogen) atoms. The van der Waals surface area contributed by atoms with Gasteiger partial charge in [0.2, 0.25) is 0 Å². The fourth-order valence-electron chi connectivity index (χ4n) is 2.48. The second-order valence-corrected chi connectivity index (χ2v) is 6.87. The zero-order valence-electron chi connectivity index (χ0n) is 17.4. The molecule has 174 valence electrons. The molecule has 0 saturated heterocycles. The summed E-state index contributed by atoms with van der Waals surface area (Å²) in [6.45, 7) is 3.77. The quantitative estimate of drug-likeness (QED) is 0.352. The molecule has 0 aliphatic rings. The zero-order valence-corrected chi connectivity index (χ0v) is 17.4. The Morgan fingerprint density at radius 3 is 2.75 bits per heavy atom. The Kier molecular flexibility index (Phi) is 8.76. The van der Waals surface area contributed by atoms with Gasteiger partial charge in [-0.3, -0.25) is 9.59 Å². The fraction of sp³-hybridized carbons (Fsp3) is 0.400. The lowest BCUT2D eigenvalue weighted by Crippen LogP contribution is -2.35. The van der Waals surface area contributed by atoms with Gasteiger partial charge in [0.15, 0.2) is 5.69 Å². The van der Waals surface area contributed by atoms with Gasteiger partial charge in [0.05, 0.1) is 19.4 Å². The van der Waals surface area contributed by atoms with E-state index >= 15 is 0 Å². The number of benzene rings is 1. The highest BCUT2D eigenvalue weighted by molar-refractivity contribution is 5.95. The molecule has 0 aliphatic heterocycles. The van der Waals surface area contributed by atoms with Crippen molar-refractivity contribution in [1.82, 2.24) is 25.6 Å². The predicted octanol–water partition coefficient (Wildman–Crippen LogP) is 2.02. The van der Waals surface area contributed by atoms with E-state index < -0.39 is 30.6 Å². The maximum Gasteiger partial charge on any atom is 0.405 e. The third-order valence-electron chi connectivity index (χ3n) is 4.11. The smallest absolute Gasteiger partial charge is 0.405 e. The Bertz CT molecular complexity index is 946. The number of rotatable bonds is 11. The third kappa shape index (κ3) is 7.38. The van der Waals surface area contributed by atoms with Crippen LogP contribution in [0, 0.1) is 0 Å². The summed E-state index contributed by atoms with van der Waals surface area (Å²) in [5, 5.41) is 21.1. The van der Waals surface area contributed by atoms with Crippen molar-refractivity contribution in [2.45, 2.75) is 32.0 Å². The molecule has 9 nitrogen and oxygen atoms in total. The van der Waals surface area contributed by atoms with E-state index in [9.17, 15) is 22.8 Å². The summed E-state index contributed by atoms with van der Waals surface area (Å²) in [6, 6.07) is 3.56. The topological polar surface area (TPSA) is 118 Å². The Balaban J connectivity index is 2.27. The highest BCUT2D eigenvalue weighted by Gasteiger charge is 2.28. The number of carbonyl (C=O) groups is 2. The van der Waals surface area contributed by atoms with E-state index in [0.717, 1.165) is 0 Å². The number of unbranched alkanes of at least 4 members (excludes halogenated alkanes) is 1. The molecule has 12 heteroatoms. The lowest BCUT2D eigenvalue weighted by molar-refractivity contribution is -0.123. The number of nitrogens with one attached hydrogen (secondary N) is 2. The van der Waals surface area contributed by atoms with Gasteiger partial charge in [0, 0.05) is 11.6 Å². The average molecular weight is 455 g/mol. The summed E-state index contributed by atoms with van der Waals surface area (Å²) in [7, 11) is 0. The largest absolute Gasteiger partial charge is 0.491 e. The lowest BCUT2D eigenvalue weighted by atomic mass is 10.1. The molecule has 1 aromatic carbocycles.